The molecule has 1 aromatic carbocycles. The van der Waals surface area contributed by atoms with Crippen molar-refractivity contribution in [3.8, 4) is 5.75 Å². The Balaban J connectivity index is 2.63. The fourth-order valence-electron chi connectivity index (χ4n) is 1.93. The molecule has 0 aliphatic carbocycles. The maximum atomic E-state index is 5.88. The first-order valence-corrected chi connectivity index (χ1v) is 7.55. The molecule has 2 atom stereocenters. The van der Waals surface area contributed by atoms with Crippen molar-refractivity contribution in [3.05, 3.63) is 29.3 Å². The minimum absolute atomic E-state index is 0.405. The van der Waals surface area contributed by atoms with Crippen LogP contribution in [0.3, 0.4) is 0 Å². The van der Waals surface area contributed by atoms with Gasteiger partial charge in [0.15, 0.2) is 0 Å². The van der Waals surface area contributed by atoms with E-state index in [1.54, 1.807) is 0 Å². The Morgan fingerprint density at radius 3 is 2.53 bits per heavy atom. The molecule has 0 radical (unpaired) electrons. The Morgan fingerprint density at radius 2 is 1.95 bits per heavy atom. The Hall–Kier alpha value is -1.02. The lowest BCUT2D eigenvalue weighted by molar-refractivity contribution is 0.255. The molecular formula is C17H29NO. The van der Waals surface area contributed by atoms with E-state index in [4.69, 9.17) is 4.74 Å². The summed E-state index contributed by atoms with van der Waals surface area (Å²) in [6.45, 7) is 12.8. The van der Waals surface area contributed by atoms with E-state index in [1.807, 2.05) is 0 Å². The molecule has 0 heterocycles. The van der Waals surface area contributed by atoms with Crippen LogP contribution in [0.4, 0.5) is 0 Å². The first-order chi connectivity index (χ1) is 9.08. The van der Waals surface area contributed by atoms with Gasteiger partial charge in [0.25, 0.3) is 0 Å². The minimum Gasteiger partial charge on any atom is -0.493 e. The molecule has 0 amide bonds. The molecule has 0 aliphatic rings. The zero-order chi connectivity index (χ0) is 14.3. The van der Waals surface area contributed by atoms with Gasteiger partial charge in [0.05, 0.1) is 6.61 Å². The van der Waals surface area contributed by atoms with Crippen LogP contribution in [-0.2, 0) is 0 Å². The highest BCUT2D eigenvalue weighted by molar-refractivity contribution is 5.37. The number of hydrogen-bond acceptors (Lipinski definition) is 2. The standard InChI is InChI=1S/C17H29NO/c1-6-10-18-15(5)16-8-9-17(14(4)11-16)19-12-13(3)7-2/h8-9,11,13,15,18H,6-7,10,12H2,1-5H3. The van der Waals surface area contributed by atoms with Crippen LogP contribution >= 0.6 is 0 Å². The van der Waals surface area contributed by atoms with Crippen molar-refractivity contribution < 1.29 is 4.74 Å². The van der Waals surface area contributed by atoms with Crippen LogP contribution in [0.25, 0.3) is 0 Å². The van der Waals surface area contributed by atoms with Gasteiger partial charge in [0, 0.05) is 6.04 Å². The average molecular weight is 263 g/mol. The highest BCUT2D eigenvalue weighted by atomic mass is 16.5. The van der Waals surface area contributed by atoms with Gasteiger partial charge in [-0.15, -0.1) is 0 Å². The molecule has 0 saturated carbocycles. The van der Waals surface area contributed by atoms with Crippen molar-refractivity contribution in [3.63, 3.8) is 0 Å². The second-order valence-electron chi connectivity index (χ2n) is 5.53. The number of hydrogen-bond donors (Lipinski definition) is 1. The van der Waals surface area contributed by atoms with Crippen molar-refractivity contribution in [2.24, 2.45) is 5.92 Å². The van der Waals surface area contributed by atoms with E-state index >= 15 is 0 Å². The Bertz CT molecular complexity index is 376. The van der Waals surface area contributed by atoms with Crippen LogP contribution < -0.4 is 10.1 Å². The summed E-state index contributed by atoms with van der Waals surface area (Å²) in [4.78, 5) is 0. The molecule has 0 aliphatic heterocycles. The van der Waals surface area contributed by atoms with Gasteiger partial charge in [0.1, 0.15) is 5.75 Å². The van der Waals surface area contributed by atoms with Crippen molar-refractivity contribution >= 4 is 0 Å². The maximum absolute atomic E-state index is 5.88. The van der Waals surface area contributed by atoms with E-state index in [9.17, 15) is 0 Å². The lowest BCUT2D eigenvalue weighted by Gasteiger charge is -2.17. The summed E-state index contributed by atoms with van der Waals surface area (Å²) < 4.78 is 5.88. The van der Waals surface area contributed by atoms with E-state index < -0.39 is 0 Å². The monoisotopic (exact) mass is 263 g/mol. The predicted octanol–water partition coefficient (Wildman–Crippen LogP) is 4.48. The van der Waals surface area contributed by atoms with Crippen molar-refractivity contribution in [1.29, 1.82) is 0 Å². The molecule has 2 nitrogen and oxygen atoms in total. The van der Waals surface area contributed by atoms with Crippen LogP contribution in [0.15, 0.2) is 18.2 Å². The van der Waals surface area contributed by atoms with Gasteiger partial charge in [-0.2, -0.15) is 0 Å². The third-order valence-electron chi connectivity index (χ3n) is 3.62. The summed E-state index contributed by atoms with van der Waals surface area (Å²) in [5, 5.41) is 3.51. The van der Waals surface area contributed by atoms with E-state index in [0.29, 0.717) is 12.0 Å². The summed E-state index contributed by atoms with van der Waals surface area (Å²) in [5.41, 5.74) is 2.56. The highest BCUT2D eigenvalue weighted by Crippen LogP contribution is 2.23. The minimum atomic E-state index is 0.405. The van der Waals surface area contributed by atoms with Gasteiger partial charge < -0.3 is 10.1 Å². The van der Waals surface area contributed by atoms with Gasteiger partial charge in [-0.1, -0.05) is 39.3 Å². The van der Waals surface area contributed by atoms with Crippen LogP contribution in [-0.4, -0.2) is 13.2 Å². The van der Waals surface area contributed by atoms with Gasteiger partial charge >= 0.3 is 0 Å². The molecule has 1 rings (SSSR count). The molecule has 0 saturated heterocycles. The summed E-state index contributed by atoms with van der Waals surface area (Å²) in [6, 6.07) is 6.92. The third kappa shape index (κ3) is 5.23. The van der Waals surface area contributed by atoms with Crippen molar-refractivity contribution in [2.45, 2.75) is 53.5 Å². The summed E-state index contributed by atoms with van der Waals surface area (Å²) in [6.07, 6.45) is 2.33. The zero-order valence-electron chi connectivity index (χ0n) is 13.1. The summed E-state index contributed by atoms with van der Waals surface area (Å²) in [5.74, 6) is 1.64. The smallest absolute Gasteiger partial charge is 0.122 e. The number of aryl methyl sites for hydroxylation is 1. The first kappa shape index (κ1) is 16.0. The molecule has 108 valence electrons. The number of nitrogens with one attached hydrogen (secondary N) is 1. The topological polar surface area (TPSA) is 21.3 Å². The fourth-order valence-corrected chi connectivity index (χ4v) is 1.93. The summed E-state index contributed by atoms with van der Waals surface area (Å²) in [7, 11) is 0. The molecule has 2 unspecified atom stereocenters. The molecular weight excluding hydrogens is 234 g/mol. The number of benzene rings is 1. The van der Waals surface area contributed by atoms with Gasteiger partial charge in [-0.3, -0.25) is 0 Å². The highest BCUT2D eigenvalue weighted by Gasteiger charge is 2.08. The van der Waals surface area contributed by atoms with Crippen molar-refractivity contribution in [1.82, 2.24) is 5.32 Å². The molecule has 0 fully saturated rings. The molecule has 0 aromatic heterocycles. The Morgan fingerprint density at radius 1 is 1.21 bits per heavy atom. The maximum Gasteiger partial charge on any atom is 0.122 e. The second kappa shape index (κ2) is 8.21. The van der Waals surface area contributed by atoms with E-state index in [2.05, 4.69) is 58.1 Å². The fraction of sp³-hybridized carbons (Fsp3) is 0.647. The second-order valence-corrected chi connectivity index (χ2v) is 5.53. The predicted molar refractivity (Wildman–Crippen MR) is 82.8 cm³/mol. The lowest BCUT2D eigenvalue weighted by Crippen LogP contribution is -2.19. The molecule has 19 heavy (non-hydrogen) atoms. The zero-order valence-corrected chi connectivity index (χ0v) is 13.1. The number of ether oxygens (including phenoxy) is 1. The Kier molecular flexibility index (Phi) is 6.93. The van der Waals surface area contributed by atoms with Crippen LogP contribution in [0.2, 0.25) is 0 Å². The first-order valence-electron chi connectivity index (χ1n) is 7.55. The van der Waals surface area contributed by atoms with Gasteiger partial charge in [0.2, 0.25) is 0 Å². The summed E-state index contributed by atoms with van der Waals surface area (Å²) >= 11 is 0. The van der Waals surface area contributed by atoms with E-state index in [1.165, 1.54) is 17.5 Å². The van der Waals surface area contributed by atoms with E-state index in [0.717, 1.165) is 25.3 Å². The third-order valence-corrected chi connectivity index (χ3v) is 3.62. The largest absolute Gasteiger partial charge is 0.493 e. The molecule has 2 heteroatoms. The normalized spacial score (nSPS) is 14.2. The molecule has 1 aromatic rings. The van der Waals surface area contributed by atoms with Crippen LogP contribution in [0, 0.1) is 12.8 Å². The average Bonchev–Trinajstić information content (AvgIpc) is 2.42. The molecule has 0 spiro atoms. The Labute approximate surface area is 118 Å². The van der Waals surface area contributed by atoms with Crippen LogP contribution in [0.1, 0.15) is 57.7 Å². The molecule has 1 N–H and O–H groups in total. The van der Waals surface area contributed by atoms with Crippen molar-refractivity contribution in [2.75, 3.05) is 13.2 Å². The lowest BCUT2D eigenvalue weighted by atomic mass is 10.0. The van der Waals surface area contributed by atoms with Gasteiger partial charge in [-0.05, 0) is 49.9 Å². The van der Waals surface area contributed by atoms with Gasteiger partial charge in [-0.25, -0.2) is 0 Å². The van der Waals surface area contributed by atoms with Crippen LogP contribution in [0.5, 0.6) is 5.75 Å². The van der Waals surface area contributed by atoms with E-state index in [-0.39, 0.29) is 0 Å². The molecule has 0 bridgehead atoms. The SMILES string of the molecule is CCCNC(C)c1ccc(OCC(C)CC)c(C)c1. The quantitative estimate of drug-likeness (QED) is 0.746. The number of rotatable bonds is 8.